The summed E-state index contributed by atoms with van der Waals surface area (Å²) in [7, 11) is -3.59. The van der Waals surface area contributed by atoms with Crippen molar-refractivity contribution in [3.63, 3.8) is 0 Å². The van der Waals surface area contributed by atoms with Crippen molar-refractivity contribution in [3.05, 3.63) is 59.2 Å². The average molecular weight is 429 g/mol. The Balaban J connectivity index is 1.62. The molecule has 1 atom stereocenters. The van der Waals surface area contributed by atoms with E-state index in [-0.39, 0.29) is 16.8 Å². The first kappa shape index (κ1) is 20.9. The zero-order chi connectivity index (χ0) is 21.5. The Morgan fingerprint density at radius 3 is 2.57 bits per heavy atom. The molecule has 2 aliphatic heterocycles. The fourth-order valence-electron chi connectivity index (χ4n) is 4.26. The van der Waals surface area contributed by atoms with Crippen molar-refractivity contribution >= 4 is 15.9 Å². The molecule has 7 heteroatoms. The maximum atomic E-state index is 13.1. The maximum Gasteiger partial charge on any atom is 0.251 e. The van der Waals surface area contributed by atoms with Crippen molar-refractivity contribution in [1.29, 1.82) is 0 Å². The van der Waals surface area contributed by atoms with Crippen LogP contribution in [0.3, 0.4) is 0 Å². The summed E-state index contributed by atoms with van der Waals surface area (Å²) in [5.41, 5.74) is 1.52. The second-order valence-electron chi connectivity index (χ2n) is 8.72. The van der Waals surface area contributed by atoms with E-state index in [0.717, 1.165) is 24.2 Å². The monoisotopic (exact) mass is 428 g/mol. The molecular weight excluding hydrogens is 400 g/mol. The van der Waals surface area contributed by atoms with Gasteiger partial charge in [0.25, 0.3) is 5.91 Å². The summed E-state index contributed by atoms with van der Waals surface area (Å²) in [6.07, 6.45) is 2.37. The molecule has 2 aromatic rings. The van der Waals surface area contributed by atoms with Gasteiger partial charge in [-0.05, 0) is 57.4 Å². The highest BCUT2D eigenvalue weighted by atomic mass is 32.2. The minimum absolute atomic E-state index is 0.211. The summed E-state index contributed by atoms with van der Waals surface area (Å²) in [5, 5.41) is 3.09. The average Bonchev–Trinajstić information content (AvgIpc) is 3.23. The molecule has 1 N–H and O–H groups in total. The second-order valence-corrected chi connectivity index (χ2v) is 10.6. The van der Waals surface area contributed by atoms with Crippen molar-refractivity contribution in [1.82, 2.24) is 9.62 Å². The topological polar surface area (TPSA) is 75.7 Å². The molecule has 0 bridgehead atoms. The molecule has 2 aromatic carbocycles. The van der Waals surface area contributed by atoms with Crippen LogP contribution >= 0.6 is 0 Å². The van der Waals surface area contributed by atoms with Crippen molar-refractivity contribution < 1.29 is 17.9 Å². The lowest BCUT2D eigenvalue weighted by molar-refractivity contribution is 0.0619. The van der Waals surface area contributed by atoms with Crippen molar-refractivity contribution in [2.45, 2.75) is 56.6 Å². The van der Waals surface area contributed by atoms with E-state index in [4.69, 9.17) is 4.74 Å². The lowest BCUT2D eigenvalue weighted by Crippen LogP contribution is -2.41. The molecule has 6 nitrogen and oxygen atoms in total. The molecule has 1 saturated heterocycles. The molecule has 1 fully saturated rings. The van der Waals surface area contributed by atoms with Gasteiger partial charge in [-0.15, -0.1) is 0 Å². The van der Waals surface area contributed by atoms with Crippen LogP contribution in [0.1, 0.15) is 60.6 Å². The van der Waals surface area contributed by atoms with Gasteiger partial charge in [-0.1, -0.05) is 24.3 Å². The first-order valence-corrected chi connectivity index (χ1v) is 11.8. The number of sulfonamides is 1. The Hall–Kier alpha value is -2.38. The van der Waals surface area contributed by atoms with Gasteiger partial charge in [-0.25, -0.2) is 8.42 Å². The highest BCUT2D eigenvalue weighted by Crippen LogP contribution is 2.39. The Bertz CT molecular complexity index is 1070. The molecule has 2 aliphatic rings. The third-order valence-electron chi connectivity index (χ3n) is 5.81. The number of rotatable bonds is 4. The van der Waals surface area contributed by atoms with Gasteiger partial charge in [0.15, 0.2) is 0 Å². The number of ether oxygens (including phenoxy) is 1. The van der Waals surface area contributed by atoms with E-state index in [1.807, 2.05) is 38.1 Å². The van der Waals surface area contributed by atoms with Crippen molar-refractivity contribution in [2.24, 2.45) is 0 Å². The smallest absolute Gasteiger partial charge is 0.251 e. The third-order valence-corrected chi connectivity index (χ3v) is 7.86. The van der Waals surface area contributed by atoms with Crippen LogP contribution < -0.4 is 10.1 Å². The van der Waals surface area contributed by atoms with Gasteiger partial charge in [0.05, 0.1) is 10.9 Å². The number of carbonyl (C=O) groups is 1. The molecule has 4 rings (SSSR count). The van der Waals surface area contributed by atoms with Crippen LogP contribution in [0.15, 0.2) is 47.4 Å². The van der Waals surface area contributed by atoms with Crippen LogP contribution in [-0.4, -0.2) is 37.3 Å². The van der Waals surface area contributed by atoms with Crippen molar-refractivity contribution in [3.8, 4) is 5.75 Å². The summed E-state index contributed by atoms with van der Waals surface area (Å²) in [4.78, 5) is 13.3. The number of benzene rings is 2. The van der Waals surface area contributed by atoms with E-state index in [1.54, 1.807) is 19.1 Å². The van der Waals surface area contributed by atoms with Gasteiger partial charge in [0.2, 0.25) is 10.0 Å². The molecule has 0 aliphatic carbocycles. The number of para-hydroxylation sites is 1. The van der Waals surface area contributed by atoms with Gasteiger partial charge in [0, 0.05) is 30.6 Å². The summed E-state index contributed by atoms with van der Waals surface area (Å²) >= 11 is 0. The SMILES string of the molecule is Cc1ccc(C(=O)N[C@@H]2CC(C)(C)Oc3ccccc32)cc1S(=O)(=O)N1CCCC1. The largest absolute Gasteiger partial charge is 0.487 e. The van der Waals surface area contributed by atoms with E-state index in [9.17, 15) is 13.2 Å². The normalized spacial score (nSPS) is 21.0. The summed E-state index contributed by atoms with van der Waals surface area (Å²) in [5.74, 6) is 0.477. The molecule has 160 valence electrons. The number of hydrogen-bond acceptors (Lipinski definition) is 4. The van der Waals surface area contributed by atoms with E-state index in [2.05, 4.69) is 5.32 Å². The predicted octanol–water partition coefficient (Wildman–Crippen LogP) is 3.81. The molecule has 0 radical (unpaired) electrons. The van der Waals surface area contributed by atoms with Crippen LogP contribution in [0, 0.1) is 6.92 Å². The fraction of sp³-hybridized carbons (Fsp3) is 0.435. The lowest BCUT2D eigenvalue weighted by Gasteiger charge is -2.37. The maximum absolute atomic E-state index is 13.1. The number of carbonyl (C=O) groups excluding carboxylic acids is 1. The van der Waals surface area contributed by atoms with Crippen LogP contribution in [-0.2, 0) is 10.0 Å². The Morgan fingerprint density at radius 1 is 1.13 bits per heavy atom. The number of fused-ring (bicyclic) bond motifs is 1. The number of amides is 1. The number of aryl methyl sites for hydroxylation is 1. The third kappa shape index (κ3) is 3.96. The zero-order valence-electron chi connectivity index (χ0n) is 17.6. The molecule has 30 heavy (non-hydrogen) atoms. The minimum Gasteiger partial charge on any atom is -0.487 e. The first-order chi connectivity index (χ1) is 14.2. The minimum atomic E-state index is -3.59. The van der Waals surface area contributed by atoms with Gasteiger partial charge in [0.1, 0.15) is 11.4 Å². The Kier molecular flexibility index (Phi) is 5.36. The Morgan fingerprint density at radius 2 is 1.83 bits per heavy atom. The van der Waals surface area contributed by atoms with E-state index in [1.165, 1.54) is 10.4 Å². The number of hydrogen-bond donors (Lipinski definition) is 1. The molecule has 0 saturated carbocycles. The standard InChI is InChI=1S/C23H28N2O4S/c1-16-10-11-17(14-21(16)30(27,28)25-12-6-7-13-25)22(26)24-19-15-23(2,3)29-20-9-5-4-8-18(19)20/h4-5,8-11,14,19H,6-7,12-13,15H2,1-3H3,(H,24,26)/t19-/m1/s1. The van der Waals surface area contributed by atoms with Gasteiger partial charge < -0.3 is 10.1 Å². The summed E-state index contributed by atoms with van der Waals surface area (Å²) in [6.45, 7) is 6.82. The van der Waals surface area contributed by atoms with E-state index >= 15 is 0 Å². The fourth-order valence-corrected chi connectivity index (χ4v) is 6.03. The molecule has 0 aromatic heterocycles. The number of nitrogens with zero attached hydrogens (tertiary/aromatic N) is 1. The van der Waals surface area contributed by atoms with Gasteiger partial charge >= 0.3 is 0 Å². The molecular formula is C23H28N2O4S. The van der Waals surface area contributed by atoms with E-state index < -0.39 is 15.6 Å². The zero-order valence-corrected chi connectivity index (χ0v) is 18.5. The van der Waals surface area contributed by atoms with E-state index in [0.29, 0.717) is 30.6 Å². The van der Waals surface area contributed by atoms with Crippen LogP contribution in [0.4, 0.5) is 0 Å². The highest BCUT2D eigenvalue weighted by molar-refractivity contribution is 7.89. The van der Waals surface area contributed by atoms with Crippen LogP contribution in [0.25, 0.3) is 0 Å². The quantitative estimate of drug-likeness (QED) is 0.803. The molecule has 2 heterocycles. The first-order valence-electron chi connectivity index (χ1n) is 10.4. The van der Waals surface area contributed by atoms with Crippen LogP contribution in [0.5, 0.6) is 5.75 Å². The lowest BCUT2D eigenvalue weighted by atomic mass is 9.89. The van der Waals surface area contributed by atoms with Crippen molar-refractivity contribution in [2.75, 3.05) is 13.1 Å². The van der Waals surface area contributed by atoms with Gasteiger partial charge in [-0.3, -0.25) is 4.79 Å². The molecule has 1 amide bonds. The summed E-state index contributed by atoms with van der Waals surface area (Å²) in [6, 6.07) is 12.4. The van der Waals surface area contributed by atoms with Gasteiger partial charge in [-0.2, -0.15) is 4.31 Å². The second kappa shape index (κ2) is 7.71. The molecule has 0 spiro atoms. The molecule has 0 unspecified atom stereocenters. The van der Waals surface area contributed by atoms with Crippen LogP contribution in [0.2, 0.25) is 0 Å². The summed E-state index contributed by atoms with van der Waals surface area (Å²) < 4.78 is 33.6. The predicted molar refractivity (Wildman–Crippen MR) is 115 cm³/mol. The number of nitrogens with one attached hydrogen (secondary N) is 1. The Labute approximate surface area is 178 Å². The highest BCUT2D eigenvalue weighted by Gasteiger charge is 2.35.